The van der Waals surface area contributed by atoms with E-state index in [9.17, 15) is 10.1 Å². The summed E-state index contributed by atoms with van der Waals surface area (Å²) in [5.41, 5.74) is -0.150. The number of nitro benzene ring substituents is 1. The van der Waals surface area contributed by atoms with Gasteiger partial charge in [-0.2, -0.15) is 5.26 Å². The molecule has 0 aliphatic rings. The molecule has 5 nitrogen and oxygen atoms in total. The maximum absolute atomic E-state index is 10.6. The summed E-state index contributed by atoms with van der Waals surface area (Å²) in [6.07, 6.45) is 0. The number of methoxy groups -OCH3 is 1. The van der Waals surface area contributed by atoms with Crippen LogP contribution < -0.4 is 4.74 Å². The second kappa shape index (κ2) is 3.98. The molecule has 0 amide bonds. The normalized spacial score (nSPS) is 9.21. The van der Waals surface area contributed by atoms with Crippen LogP contribution >= 0.6 is 12.6 Å². The van der Waals surface area contributed by atoms with Crippen LogP contribution in [0.5, 0.6) is 5.75 Å². The van der Waals surface area contributed by atoms with Gasteiger partial charge in [0.1, 0.15) is 11.6 Å². The van der Waals surface area contributed by atoms with Gasteiger partial charge in [-0.3, -0.25) is 10.1 Å². The van der Waals surface area contributed by atoms with Crippen molar-refractivity contribution < 1.29 is 9.66 Å². The van der Waals surface area contributed by atoms with E-state index < -0.39 is 4.92 Å². The van der Waals surface area contributed by atoms with Crippen molar-refractivity contribution in [3.8, 4) is 11.8 Å². The van der Waals surface area contributed by atoms with Gasteiger partial charge in [-0.25, -0.2) is 0 Å². The van der Waals surface area contributed by atoms with Crippen molar-refractivity contribution in [1.82, 2.24) is 0 Å². The largest absolute Gasteiger partial charge is 0.489 e. The molecule has 1 aromatic carbocycles. The molecule has 0 bridgehead atoms. The molecular formula is C8H6N2O3S. The van der Waals surface area contributed by atoms with Crippen LogP contribution in [-0.2, 0) is 0 Å². The fourth-order valence-corrected chi connectivity index (χ4v) is 1.28. The zero-order chi connectivity index (χ0) is 10.7. The third-order valence-electron chi connectivity index (χ3n) is 1.58. The molecule has 14 heavy (non-hydrogen) atoms. The Hall–Kier alpha value is -1.74. The number of benzene rings is 1. The highest BCUT2D eigenvalue weighted by Crippen LogP contribution is 2.32. The minimum absolute atomic E-state index is 0.0321. The standard InChI is InChI=1S/C8H6N2O3S/c1-13-8-5(4-9)2-6(14)3-7(8)10(11)12/h2-3,14H,1H3. The maximum Gasteiger partial charge on any atom is 0.313 e. The van der Waals surface area contributed by atoms with Crippen molar-refractivity contribution in [3.05, 3.63) is 27.8 Å². The Morgan fingerprint density at radius 2 is 2.29 bits per heavy atom. The molecule has 0 saturated heterocycles. The third kappa shape index (κ3) is 1.78. The number of rotatable bonds is 2. The molecule has 1 rings (SSSR count). The van der Waals surface area contributed by atoms with Gasteiger partial charge in [-0.1, -0.05) is 0 Å². The van der Waals surface area contributed by atoms with E-state index in [1.165, 1.54) is 19.2 Å². The van der Waals surface area contributed by atoms with Crippen molar-refractivity contribution in [2.75, 3.05) is 7.11 Å². The quantitative estimate of drug-likeness (QED) is 0.458. The smallest absolute Gasteiger partial charge is 0.313 e. The summed E-state index contributed by atoms with van der Waals surface area (Å²) < 4.78 is 4.79. The molecule has 0 heterocycles. The molecule has 0 unspecified atom stereocenters. The first-order valence-electron chi connectivity index (χ1n) is 3.55. The van der Waals surface area contributed by atoms with E-state index in [2.05, 4.69) is 12.6 Å². The van der Waals surface area contributed by atoms with Gasteiger partial charge >= 0.3 is 5.69 Å². The summed E-state index contributed by atoms with van der Waals surface area (Å²) in [6.45, 7) is 0. The van der Waals surface area contributed by atoms with Gasteiger partial charge in [0, 0.05) is 11.0 Å². The number of ether oxygens (including phenoxy) is 1. The topological polar surface area (TPSA) is 76.2 Å². The van der Waals surface area contributed by atoms with Crippen LogP contribution in [0.2, 0.25) is 0 Å². The molecule has 6 heteroatoms. The highest BCUT2D eigenvalue weighted by Gasteiger charge is 2.19. The first kappa shape index (κ1) is 10.3. The van der Waals surface area contributed by atoms with E-state index in [0.717, 1.165) is 0 Å². The highest BCUT2D eigenvalue weighted by molar-refractivity contribution is 7.80. The van der Waals surface area contributed by atoms with Gasteiger partial charge in [0.15, 0.2) is 0 Å². The lowest BCUT2D eigenvalue weighted by Gasteiger charge is -2.03. The van der Waals surface area contributed by atoms with Crippen LogP contribution in [-0.4, -0.2) is 12.0 Å². The average Bonchev–Trinajstić information content (AvgIpc) is 2.16. The first-order chi connectivity index (χ1) is 6.60. The summed E-state index contributed by atoms with van der Waals surface area (Å²) in [5, 5.41) is 19.3. The fraction of sp³-hybridized carbons (Fsp3) is 0.125. The average molecular weight is 210 g/mol. The minimum Gasteiger partial charge on any atom is -0.489 e. The molecule has 0 aliphatic carbocycles. The lowest BCUT2D eigenvalue weighted by atomic mass is 10.2. The van der Waals surface area contributed by atoms with Gasteiger partial charge in [0.2, 0.25) is 5.75 Å². The number of hydrogen-bond acceptors (Lipinski definition) is 5. The van der Waals surface area contributed by atoms with Gasteiger partial charge in [0.25, 0.3) is 0 Å². The van der Waals surface area contributed by atoms with Crippen molar-refractivity contribution in [1.29, 1.82) is 5.26 Å². The van der Waals surface area contributed by atoms with Crippen LogP contribution in [0.1, 0.15) is 5.56 Å². The number of thiol groups is 1. The number of hydrogen-bond donors (Lipinski definition) is 1. The summed E-state index contributed by atoms with van der Waals surface area (Å²) in [4.78, 5) is 10.3. The molecule has 0 radical (unpaired) electrons. The Morgan fingerprint density at radius 3 is 2.71 bits per heavy atom. The van der Waals surface area contributed by atoms with Crippen LogP contribution in [0.4, 0.5) is 5.69 Å². The Kier molecular flexibility index (Phi) is 2.94. The van der Waals surface area contributed by atoms with Gasteiger partial charge in [-0.15, -0.1) is 12.6 Å². The monoisotopic (exact) mass is 210 g/mol. The summed E-state index contributed by atoms with van der Waals surface area (Å²) in [5.74, 6) is -0.0321. The molecule has 0 N–H and O–H groups in total. The van der Waals surface area contributed by atoms with Gasteiger partial charge in [0.05, 0.1) is 12.0 Å². The Labute approximate surface area is 85.5 Å². The van der Waals surface area contributed by atoms with Crippen LogP contribution in [0.25, 0.3) is 0 Å². The van der Waals surface area contributed by atoms with E-state index >= 15 is 0 Å². The number of nitriles is 1. The zero-order valence-corrected chi connectivity index (χ0v) is 8.12. The predicted octanol–water partition coefficient (Wildman–Crippen LogP) is 1.76. The molecular weight excluding hydrogens is 204 g/mol. The van der Waals surface area contributed by atoms with Gasteiger partial charge in [-0.05, 0) is 6.07 Å². The molecule has 0 aromatic heterocycles. The summed E-state index contributed by atoms with van der Waals surface area (Å²) in [6, 6.07) is 4.45. The van der Waals surface area contributed by atoms with Crippen molar-refractivity contribution in [2.45, 2.75) is 4.90 Å². The second-order valence-corrected chi connectivity index (χ2v) is 2.93. The van der Waals surface area contributed by atoms with Crippen molar-refractivity contribution in [2.24, 2.45) is 0 Å². The van der Waals surface area contributed by atoms with Crippen LogP contribution in [0, 0.1) is 21.4 Å². The Balaban J connectivity index is 3.49. The lowest BCUT2D eigenvalue weighted by molar-refractivity contribution is -0.386. The first-order valence-corrected chi connectivity index (χ1v) is 4.00. The van der Waals surface area contributed by atoms with E-state index in [-0.39, 0.29) is 17.0 Å². The number of nitrogens with zero attached hydrogens (tertiary/aromatic N) is 2. The van der Waals surface area contributed by atoms with Gasteiger partial charge < -0.3 is 4.74 Å². The highest BCUT2D eigenvalue weighted by atomic mass is 32.1. The number of nitro groups is 1. The molecule has 1 aromatic rings. The van der Waals surface area contributed by atoms with Crippen molar-refractivity contribution >= 4 is 18.3 Å². The van der Waals surface area contributed by atoms with Crippen LogP contribution in [0.15, 0.2) is 17.0 Å². The van der Waals surface area contributed by atoms with E-state index in [4.69, 9.17) is 10.00 Å². The van der Waals surface area contributed by atoms with E-state index in [1.54, 1.807) is 6.07 Å². The Bertz CT molecular complexity index is 425. The third-order valence-corrected chi connectivity index (χ3v) is 1.83. The molecule has 0 atom stereocenters. The summed E-state index contributed by atoms with van der Waals surface area (Å²) >= 11 is 3.95. The molecule has 0 aliphatic heterocycles. The van der Waals surface area contributed by atoms with E-state index in [0.29, 0.717) is 4.90 Å². The Morgan fingerprint density at radius 1 is 1.64 bits per heavy atom. The maximum atomic E-state index is 10.6. The van der Waals surface area contributed by atoms with Crippen LogP contribution in [0.3, 0.4) is 0 Å². The minimum atomic E-state index is -0.612. The summed E-state index contributed by atoms with van der Waals surface area (Å²) in [7, 11) is 1.28. The lowest BCUT2D eigenvalue weighted by Crippen LogP contribution is -1.96. The SMILES string of the molecule is COc1c(C#N)cc(S)cc1[N+](=O)[O-]. The van der Waals surface area contributed by atoms with E-state index in [1.807, 2.05) is 0 Å². The van der Waals surface area contributed by atoms with Crippen molar-refractivity contribution in [3.63, 3.8) is 0 Å². The second-order valence-electron chi connectivity index (χ2n) is 2.41. The molecule has 0 saturated carbocycles. The molecule has 72 valence electrons. The molecule has 0 spiro atoms. The zero-order valence-electron chi connectivity index (χ0n) is 7.22. The fourth-order valence-electron chi connectivity index (χ4n) is 1.03. The molecule has 0 fully saturated rings. The predicted molar refractivity (Wildman–Crippen MR) is 51.6 cm³/mol.